The Bertz CT molecular complexity index is 1230. The summed E-state index contributed by atoms with van der Waals surface area (Å²) in [6, 6.07) is 7.70. The monoisotopic (exact) mass is 453 g/mol. The average Bonchev–Trinajstić information content (AvgIpc) is 3.03. The van der Waals surface area contributed by atoms with Crippen molar-refractivity contribution in [2.75, 3.05) is 17.1 Å². The highest BCUT2D eigenvalue weighted by Crippen LogP contribution is 2.36. The highest BCUT2D eigenvalue weighted by Gasteiger charge is 2.24. The number of halogens is 2. The van der Waals surface area contributed by atoms with Gasteiger partial charge in [-0.05, 0) is 42.8 Å². The lowest BCUT2D eigenvalue weighted by molar-refractivity contribution is -0.114. The molecule has 2 N–H and O–H groups in total. The highest BCUT2D eigenvalue weighted by molar-refractivity contribution is 7.92. The van der Waals surface area contributed by atoms with Crippen molar-refractivity contribution in [1.29, 1.82) is 0 Å². The lowest BCUT2D eigenvalue weighted by Gasteiger charge is -2.14. The molecule has 3 aromatic rings. The lowest BCUT2D eigenvalue weighted by atomic mass is 10.1. The van der Waals surface area contributed by atoms with Crippen LogP contribution in [0.4, 0.5) is 16.0 Å². The van der Waals surface area contributed by atoms with Gasteiger partial charge >= 0.3 is 0 Å². The van der Waals surface area contributed by atoms with Gasteiger partial charge in [-0.1, -0.05) is 22.8 Å². The van der Waals surface area contributed by atoms with Gasteiger partial charge in [0.05, 0.1) is 29.1 Å². The topological polar surface area (TPSA) is 111 Å². The van der Waals surface area contributed by atoms with Crippen molar-refractivity contribution < 1.29 is 26.9 Å². The molecule has 1 aromatic heterocycles. The Balaban J connectivity index is 2.09. The summed E-state index contributed by atoms with van der Waals surface area (Å²) in [6.07, 6.45) is 0. The minimum atomic E-state index is -4.17. The number of benzene rings is 2. The van der Waals surface area contributed by atoms with Gasteiger partial charge in [0.25, 0.3) is 10.0 Å². The fraction of sp³-hybridized carbons (Fsp3) is 0.158. The quantitative estimate of drug-likeness (QED) is 0.578. The van der Waals surface area contributed by atoms with Crippen molar-refractivity contribution in [2.24, 2.45) is 0 Å². The molecule has 0 aliphatic carbocycles. The van der Waals surface area contributed by atoms with E-state index in [1.807, 2.05) is 0 Å². The van der Waals surface area contributed by atoms with E-state index < -0.39 is 15.8 Å². The van der Waals surface area contributed by atoms with E-state index in [4.69, 9.17) is 20.9 Å². The summed E-state index contributed by atoms with van der Waals surface area (Å²) in [4.78, 5) is 11.2. The zero-order valence-corrected chi connectivity index (χ0v) is 17.7. The summed E-state index contributed by atoms with van der Waals surface area (Å²) in [5.41, 5.74) is 1.29. The van der Waals surface area contributed by atoms with Crippen LogP contribution in [-0.4, -0.2) is 26.6 Å². The molecule has 0 aliphatic rings. The van der Waals surface area contributed by atoms with E-state index in [1.165, 1.54) is 32.2 Å². The third-order valence-corrected chi connectivity index (χ3v) is 5.77. The molecule has 3 rings (SSSR count). The Morgan fingerprint density at radius 1 is 1.23 bits per heavy atom. The summed E-state index contributed by atoms with van der Waals surface area (Å²) < 4.78 is 52.0. The second-order valence-corrected chi connectivity index (χ2v) is 8.31. The van der Waals surface area contributed by atoms with E-state index in [9.17, 15) is 17.6 Å². The van der Waals surface area contributed by atoms with Crippen LogP contribution in [0.1, 0.15) is 12.6 Å². The number of rotatable bonds is 6. The number of hydrogen-bond acceptors (Lipinski definition) is 6. The van der Waals surface area contributed by atoms with Gasteiger partial charge in [-0.2, -0.15) is 0 Å². The smallest absolute Gasteiger partial charge is 0.265 e. The van der Waals surface area contributed by atoms with E-state index in [0.29, 0.717) is 16.8 Å². The molecule has 0 bridgehead atoms. The molecule has 8 nitrogen and oxygen atoms in total. The first-order valence-electron chi connectivity index (χ1n) is 8.52. The van der Waals surface area contributed by atoms with Crippen molar-refractivity contribution in [3.8, 4) is 16.9 Å². The second-order valence-electron chi connectivity index (χ2n) is 6.25. The first kappa shape index (κ1) is 21.6. The SMILES string of the molecule is COc1ccc(-c2c(C)noc2NC(C)=O)cc1S(=O)(=O)Nc1ccc(F)cc1Cl. The van der Waals surface area contributed by atoms with Gasteiger partial charge in [-0.25, -0.2) is 12.8 Å². The fourth-order valence-corrected chi connectivity index (χ4v) is 4.32. The van der Waals surface area contributed by atoms with Gasteiger partial charge in [0.15, 0.2) is 0 Å². The van der Waals surface area contributed by atoms with Crippen molar-refractivity contribution in [3.05, 3.63) is 52.9 Å². The number of sulfonamides is 1. The number of nitrogens with one attached hydrogen (secondary N) is 2. The van der Waals surface area contributed by atoms with Gasteiger partial charge in [0.1, 0.15) is 16.5 Å². The summed E-state index contributed by atoms with van der Waals surface area (Å²) in [6.45, 7) is 2.96. The zero-order chi connectivity index (χ0) is 22.1. The maximum atomic E-state index is 13.3. The second kappa shape index (κ2) is 8.33. The number of amides is 1. The first-order chi connectivity index (χ1) is 14.1. The molecule has 0 aliphatic heterocycles. The molecule has 0 unspecified atom stereocenters. The van der Waals surface area contributed by atoms with Crippen LogP contribution in [-0.2, 0) is 14.8 Å². The number of carbonyl (C=O) groups is 1. The van der Waals surface area contributed by atoms with E-state index >= 15 is 0 Å². The Labute approximate surface area is 177 Å². The van der Waals surface area contributed by atoms with Crippen LogP contribution in [0.3, 0.4) is 0 Å². The summed E-state index contributed by atoms with van der Waals surface area (Å²) >= 11 is 5.94. The van der Waals surface area contributed by atoms with Crippen LogP contribution >= 0.6 is 11.6 Å². The highest BCUT2D eigenvalue weighted by atomic mass is 35.5. The first-order valence-corrected chi connectivity index (χ1v) is 10.4. The number of carbonyl (C=O) groups excluding carboxylic acids is 1. The largest absolute Gasteiger partial charge is 0.495 e. The number of aromatic nitrogens is 1. The van der Waals surface area contributed by atoms with Crippen molar-refractivity contribution in [1.82, 2.24) is 5.16 Å². The number of ether oxygens (including phenoxy) is 1. The predicted octanol–water partition coefficient (Wildman–Crippen LogP) is 4.21. The van der Waals surface area contributed by atoms with Crippen LogP contribution in [0.15, 0.2) is 45.8 Å². The third-order valence-electron chi connectivity index (χ3n) is 4.07. The molecular formula is C19H17ClFN3O5S. The zero-order valence-electron chi connectivity index (χ0n) is 16.1. The maximum Gasteiger partial charge on any atom is 0.265 e. The molecule has 0 spiro atoms. The third kappa shape index (κ3) is 4.39. The van der Waals surface area contributed by atoms with Crippen molar-refractivity contribution in [3.63, 3.8) is 0 Å². The molecule has 0 saturated heterocycles. The Morgan fingerprint density at radius 3 is 2.60 bits per heavy atom. The van der Waals surface area contributed by atoms with E-state index in [2.05, 4.69) is 15.2 Å². The fourth-order valence-electron chi connectivity index (χ4n) is 2.77. The van der Waals surface area contributed by atoms with Gasteiger partial charge in [-0.3, -0.25) is 14.8 Å². The van der Waals surface area contributed by atoms with Gasteiger partial charge in [-0.15, -0.1) is 0 Å². The Hall–Kier alpha value is -3.11. The predicted molar refractivity (Wildman–Crippen MR) is 110 cm³/mol. The molecule has 0 saturated carbocycles. The normalized spacial score (nSPS) is 11.2. The number of aryl methyl sites for hydroxylation is 1. The van der Waals surface area contributed by atoms with Gasteiger partial charge in [0.2, 0.25) is 11.8 Å². The van der Waals surface area contributed by atoms with Crippen molar-refractivity contribution in [2.45, 2.75) is 18.7 Å². The van der Waals surface area contributed by atoms with Crippen molar-refractivity contribution >= 4 is 39.1 Å². The summed E-state index contributed by atoms with van der Waals surface area (Å²) in [5.74, 6) is -0.819. The maximum absolute atomic E-state index is 13.3. The number of hydrogen-bond donors (Lipinski definition) is 2. The summed E-state index contributed by atoms with van der Waals surface area (Å²) in [7, 11) is -2.85. The molecule has 0 atom stereocenters. The lowest BCUT2D eigenvalue weighted by Crippen LogP contribution is -2.14. The van der Waals surface area contributed by atoms with Crippen LogP contribution in [0, 0.1) is 12.7 Å². The average molecular weight is 454 g/mol. The van der Waals surface area contributed by atoms with Crippen LogP contribution in [0.25, 0.3) is 11.1 Å². The Morgan fingerprint density at radius 2 is 1.97 bits per heavy atom. The number of anilines is 2. The molecule has 2 aromatic carbocycles. The standard InChI is InChI=1S/C19H17ClFN3O5S/c1-10-18(19(29-23-10)22-11(2)25)12-4-7-16(28-3)17(8-12)30(26,27)24-15-6-5-13(21)9-14(15)20/h4-9,24H,1-3H3,(H,22,25). The Kier molecular flexibility index (Phi) is 5.99. The van der Waals surface area contributed by atoms with Crippen LogP contribution < -0.4 is 14.8 Å². The molecule has 11 heteroatoms. The molecule has 1 amide bonds. The number of nitrogens with zero attached hydrogens (tertiary/aromatic N) is 1. The molecule has 30 heavy (non-hydrogen) atoms. The molecule has 1 heterocycles. The molecule has 158 valence electrons. The van der Waals surface area contributed by atoms with Crippen LogP contribution in [0.2, 0.25) is 5.02 Å². The van der Waals surface area contributed by atoms with Crippen LogP contribution in [0.5, 0.6) is 5.75 Å². The molecule has 0 radical (unpaired) electrons. The van der Waals surface area contributed by atoms with E-state index in [-0.39, 0.29) is 33.1 Å². The van der Waals surface area contributed by atoms with E-state index in [1.54, 1.807) is 13.0 Å². The van der Waals surface area contributed by atoms with E-state index in [0.717, 1.165) is 12.1 Å². The minimum absolute atomic E-state index is 0.00520. The molecular weight excluding hydrogens is 437 g/mol. The summed E-state index contributed by atoms with van der Waals surface area (Å²) in [5, 5.41) is 6.24. The molecule has 0 fully saturated rings. The van der Waals surface area contributed by atoms with Gasteiger partial charge in [0, 0.05) is 6.92 Å². The minimum Gasteiger partial charge on any atom is -0.495 e. The van der Waals surface area contributed by atoms with Gasteiger partial charge < -0.3 is 9.26 Å². The number of methoxy groups -OCH3 is 1.